The van der Waals surface area contributed by atoms with Crippen LogP contribution in [0.25, 0.3) is 55.5 Å². The lowest BCUT2D eigenvalue weighted by molar-refractivity contribution is 0.101. The van der Waals surface area contributed by atoms with Gasteiger partial charge in [0.05, 0.1) is 11.4 Å². The van der Waals surface area contributed by atoms with Gasteiger partial charge in [0.2, 0.25) is 0 Å². The third kappa shape index (κ3) is 3.55. The van der Waals surface area contributed by atoms with Crippen molar-refractivity contribution in [2.45, 2.75) is 0 Å². The molecule has 2 heterocycles. The van der Waals surface area contributed by atoms with Gasteiger partial charge < -0.3 is 9.97 Å². The molecule has 2 aromatic heterocycles. The van der Waals surface area contributed by atoms with E-state index in [1.165, 1.54) is 0 Å². The number of carbonyl (C=O) groups is 2. The van der Waals surface area contributed by atoms with Gasteiger partial charge in [-0.1, -0.05) is 121 Å². The summed E-state index contributed by atoms with van der Waals surface area (Å²) in [5.41, 5.74) is 8.46. The number of fused-ring (bicyclic) bond motifs is 3. The lowest BCUT2D eigenvalue weighted by Crippen LogP contribution is -2.21. The number of rotatable bonds is 4. The fraction of sp³-hybridized carbons (Fsp3) is 0. The average Bonchev–Trinajstić information content (AvgIpc) is 3.63. The molecule has 0 bridgehead atoms. The first-order chi connectivity index (χ1) is 20.7. The molecule has 0 spiro atoms. The van der Waals surface area contributed by atoms with Crippen LogP contribution in [0.5, 0.6) is 0 Å². The van der Waals surface area contributed by atoms with Crippen LogP contribution in [0.15, 0.2) is 133 Å². The van der Waals surface area contributed by atoms with Gasteiger partial charge in [-0.3, -0.25) is 9.59 Å². The highest BCUT2D eigenvalue weighted by Crippen LogP contribution is 2.47. The summed E-state index contributed by atoms with van der Waals surface area (Å²) in [6.07, 6.45) is 0. The van der Waals surface area contributed by atoms with Gasteiger partial charge in [-0.15, -0.1) is 0 Å². The smallest absolute Gasteiger partial charge is 0.195 e. The first kappa shape index (κ1) is 24.1. The third-order valence-corrected chi connectivity index (χ3v) is 8.16. The molecule has 42 heavy (non-hydrogen) atoms. The molecule has 0 atom stereocenters. The molecule has 0 fully saturated rings. The zero-order chi connectivity index (χ0) is 28.2. The number of ketones is 2. The number of hydrogen-bond acceptors (Lipinski definition) is 2. The number of H-pyrrole nitrogens is 2. The number of aromatic nitrogens is 2. The molecule has 4 nitrogen and oxygen atoms in total. The number of aromatic amines is 2. The summed E-state index contributed by atoms with van der Waals surface area (Å²) < 4.78 is 0. The maximum atomic E-state index is 14.7. The van der Waals surface area contributed by atoms with E-state index in [9.17, 15) is 9.59 Å². The highest BCUT2D eigenvalue weighted by molar-refractivity contribution is 6.54. The van der Waals surface area contributed by atoms with Crippen molar-refractivity contribution in [1.82, 2.24) is 9.97 Å². The standard InChI is InChI=1S/C38H24N2O2/c41-37-25-17-7-8-18-26(25)38(42)34(32-28-20-10-12-22-30(28)40-36(32)24-15-5-2-6-16-24)33(37)31-27-19-9-11-21-29(27)39-35(31)23-13-3-1-4-14-23/h1-22,39-40H. The van der Waals surface area contributed by atoms with Crippen LogP contribution in [-0.4, -0.2) is 21.5 Å². The van der Waals surface area contributed by atoms with E-state index in [-0.39, 0.29) is 11.6 Å². The predicted molar refractivity (Wildman–Crippen MR) is 169 cm³/mol. The van der Waals surface area contributed by atoms with E-state index in [0.29, 0.717) is 22.3 Å². The highest BCUT2D eigenvalue weighted by atomic mass is 16.1. The topological polar surface area (TPSA) is 65.7 Å². The van der Waals surface area contributed by atoms with Crippen LogP contribution in [0.3, 0.4) is 0 Å². The number of Topliss-reactive ketones (excluding diaryl/α,β-unsaturated/α-hetero) is 2. The molecule has 4 heteroatoms. The fourth-order valence-electron chi connectivity index (χ4n) is 6.30. The second-order valence-electron chi connectivity index (χ2n) is 10.5. The molecule has 1 aliphatic rings. The largest absolute Gasteiger partial charge is 0.354 e. The van der Waals surface area contributed by atoms with Gasteiger partial charge in [-0.05, 0) is 23.3 Å². The van der Waals surface area contributed by atoms with Crippen molar-refractivity contribution in [2.75, 3.05) is 0 Å². The minimum atomic E-state index is -0.161. The summed E-state index contributed by atoms with van der Waals surface area (Å²) in [6.45, 7) is 0. The molecule has 0 unspecified atom stereocenters. The summed E-state index contributed by atoms with van der Waals surface area (Å²) >= 11 is 0. The van der Waals surface area contributed by atoms with Gasteiger partial charge >= 0.3 is 0 Å². The van der Waals surface area contributed by atoms with Crippen LogP contribution in [0, 0.1) is 0 Å². The first-order valence-electron chi connectivity index (χ1n) is 14.0. The van der Waals surface area contributed by atoms with Crippen molar-refractivity contribution in [3.63, 3.8) is 0 Å². The van der Waals surface area contributed by atoms with E-state index < -0.39 is 0 Å². The maximum absolute atomic E-state index is 14.7. The summed E-state index contributed by atoms with van der Waals surface area (Å²) in [5.74, 6) is -0.321. The van der Waals surface area contributed by atoms with Crippen molar-refractivity contribution < 1.29 is 9.59 Å². The van der Waals surface area contributed by atoms with Crippen LogP contribution in [-0.2, 0) is 0 Å². The Morgan fingerprint density at radius 2 is 0.738 bits per heavy atom. The molecule has 0 saturated carbocycles. The summed E-state index contributed by atoms with van der Waals surface area (Å²) in [4.78, 5) is 36.6. The fourth-order valence-corrected chi connectivity index (χ4v) is 6.30. The number of benzene rings is 5. The molecule has 0 saturated heterocycles. The number of allylic oxidation sites excluding steroid dienone is 2. The van der Waals surface area contributed by atoms with E-state index in [0.717, 1.165) is 55.4 Å². The van der Waals surface area contributed by atoms with E-state index in [4.69, 9.17) is 0 Å². The Morgan fingerprint density at radius 3 is 1.17 bits per heavy atom. The van der Waals surface area contributed by atoms with Crippen molar-refractivity contribution in [1.29, 1.82) is 0 Å². The normalized spacial score (nSPS) is 13.2. The summed E-state index contributed by atoms with van der Waals surface area (Å²) in [7, 11) is 0. The van der Waals surface area contributed by atoms with Gasteiger partial charge in [0, 0.05) is 55.2 Å². The summed E-state index contributed by atoms with van der Waals surface area (Å²) in [6, 6.07) is 43.1. The van der Waals surface area contributed by atoms with Gasteiger partial charge in [-0.25, -0.2) is 0 Å². The van der Waals surface area contributed by atoms with Crippen LogP contribution in [0.4, 0.5) is 0 Å². The van der Waals surface area contributed by atoms with Crippen molar-refractivity contribution in [2.24, 2.45) is 0 Å². The van der Waals surface area contributed by atoms with E-state index >= 15 is 0 Å². The van der Waals surface area contributed by atoms with Crippen molar-refractivity contribution in [3.8, 4) is 22.5 Å². The number of carbonyl (C=O) groups excluding carboxylic acids is 2. The second-order valence-corrected chi connectivity index (χ2v) is 10.5. The van der Waals surface area contributed by atoms with Crippen LogP contribution < -0.4 is 0 Å². The molecule has 5 aromatic carbocycles. The Bertz CT molecular complexity index is 2060. The molecule has 2 N–H and O–H groups in total. The molecule has 0 amide bonds. The van der Waals surface area contributed by atoms with Gasteiger partial charge in [0.1, 0.15) is 0 Å². The van der Waals surface area contributed by atoms with E-state index in [1.807, 2.05) is 121 Å². The highest BCUT2D eigenvalue weighted by Gasteiger charge is 2.38. The minimum absolute atomic E-state index is 0.161. The monoisotopic (exact) mass is 540 g/mol. The van der Waals surface area contributed by atoms with Gasteiger partial charge in [0.25, 0.3) is 0 Å². The van der Waals surface area contributed by atoms with Gasteiger partial charge in [-0.2, -0.15) is 0 Å². The quantitative estimate of drug-likeness (QED) is 0.234. The Hall–Kier alpha value is -5.74. The van der Waals surface area contributed by atoms with E-state index in [1.54, 1.807) is 12.1 Å². The van der Waals surface area contributed by atoms with Crippen molar-refractivity contribution in [3.05, 3.63) is 156 Å². The number of nitrogens with one attached hydrogen (secondary N) is 2. The average molecular weight is 541 g/mol. The third-order valence-electron chi connectivity index (χ3n) is 8.16. The predicted octanol–water partition coefficient (Wildman–Crippen LogP) is 8.97. The molecular weight excluding hydrogens is 516 g/mol. The van der Waals surface area contributed by atoms with Crippen LogP contribution in [0.1, 0.15) is 31.8 Å². The number of hydrogen-bond donors (Lipinski definition) is 2. The zero-order valence-corrected chi connectivity index (χ0v) is 22.5. The van der Waals surface area contributed by atoms with Crippen LogP contribution >= 0.6 is 0 Å². The zero-order valence-electron chi connectivity index (χ0n) is 22.5. The second kappa shape index (κ2) is 9.43. The molecular formula is C38H24N2O2. The molecule has 0 radical (unpaired) electrons. The molecule has 1 aliphatic carbocycles. The minimum Gasteiger partial charge on any atom is -0.354 e. The molecule has 0 aliphatic heterocycles. The lowest BCUT2D eigenvalue weighted by atomic mass is 9.76. The number of para-hydroxylation sites is 2. The van der Waals surface area contributed by atoms with E-state index in [2.05, 4.69) is 9.97 Å². The Morgan fingerprint density at radius 1 is 0.381 bits per heavy atom. The van der Waals surface area contributed by atoms with Crippen molar-refractivity contribution >= 4 is 44.5 Å². The lowest BCUT2D eigenvalue weighted by Gasteiger charge is -2.23. The molecule has 198 valence electrons. The molecule has 8 rings (SSSR count). The Kier molecular flexibility index (Phi) is 5.41. The van der Waals surface area contributed by atoms with Crippen LogP contribution in [0.2, 0.25) is 0 Å². The maximum Gasteiger partial charge on any atom is 0.195 e. The Balaban J connectivity index is 1.57. The van der Waals surface area contributed by atoms with Gasteiger partial charge in [0.15, 0.2) is 11.6 Å². The SMILES string of the molecule is O=C1C(c2c(-c3ccccc3)[nH]c3ccccc23)=C(c2c(-c3ccccc3)[nH]c3ccccc23)C(=O)c2ccccc21. The first-order valence-corrected chi connectivity index (χ1v) is 14.0. The molecule has 7 aromatic rings. The summed E-state index contributed by atoms with van der Waals surface area (Å²) in [5, 5.41) is 1.79. The Labute approximate surface area is 242 Å².